The monoisotopic (exact) mass is 236 g/mol. The Balaban J connectivity index is 1.83. The van der Waals surface area contributed by atoms with Crippen molar-refractivity contribution in [2.45, 2.75) is 57.1 Å². The SMILES string of the molecule is CCc1c(N)nnn1C1CCOC2(CCC2)C1. The number of rotatable bonds is 2. The molecule has 2 fully saturated rings. The summed E-state index contributed by atoms with van der Waals surface area (Å²) in [5.41, 5.74) is 7.07. The highest BCUT2D eigenvalue weighted by Gasteiger charge is 2.43. The molecule has 1 aromatic heterocycles. The van der Waals surface area contributed by atoms with E-state index >= 15 is 0 Å². The van der Waals surface area contributed by atoms with Crippen LogP contribution in [0.3, 0.4) is 0 Å². The zero-order chi connectivity index (χ0) is 11.9. The van der Waals surface area contributed by atoms with Gasteiger partial charge in [0, 0.05) is 6.61 Å². The van der Waals surface area contributed by atoms with Gasteiger partial charge in [0.2, 0.25) is 0 Å². The van der Waals surface area contributed by atoms with E-state index in [1.165, 1.54) is 19.3 Å². The first-order valence-electron chi connectivity index (χ1n) is 6.57. The Labute approximate surface area is 101 Å². The molecule has 2 heterocycles. The van der Waals surface area contributed by atoms with Gasteiger partial charge in [-0.15, -0.1) is 5.10 Å². The average molecular weight is 236 g/mol. The number of nitrogens with zero attached hydrogens (tertiary/aromatic N) is 3. The summed E-state index contributed by atoms with van der Waals surface area (Å²) >= 11 is 0. The fourth-order valence-corrected chi connectivity index (χ4v) is 3.09. The Kier molecular flexibility index (Phi) is 2.58. The number of ether oxygens (including phenoxy) is 1. The molecule has 1 aliphatic heterocycles. The summed E-state index contributed by atoms with van der Waals surface area (Å²) < 4.78 is 7.98. The van der Waals surface area contributed by atoms with Crippen molar-refractivity contribution in [3.8, 4) is 0 Å². The molecule has 5 nitrogen and oxygen atoms in total. The van der Waals surface area contributed by atoms with Crippen LogP contribution in [0.25, 0.3) is 0 Å². The van der Waals surface area contributed by atoms with Crippen molar-refractivity contribution >= 4 is 5.82 Å². The summed E-state index contributed by atoms with van der Waals surface area (Å²) in [6, 6.07) is 0.420. The topological polar surface area (TPSA) is 66.0 Å². The van der Waals surface area contributed by atoms with Gasteiger partial charge in [0.15, 0.2) is 5.82 Å². The van der Waals surface area contributed by atoms with E-state index in [-0.39, 0.29) is 5.60 Å². The molecule has 0 radical (unpaired) electrons. The van der Waals surface area contributed by atoms with E-state index in [2.05, 4.69) is 17.2 Å². The second-order valence-corrected chi connectivity index (χ2v) is 5.25. The van der Waals surface area contributed by atoms with Crippen molar-refractivity contribution in [1.82, 2.24) is 15.0 Å². The molecule has 0 bridgehead atoms. The van der Waals surface area contributed by atoms with Crippen LogP contribution in [0, 0.1) is 0 Å². The molecule has 5 heteroatoms. The maximum atomic E-state index is 5.94. The van der Waals surface area contributed by atoms with Crippen LogP contribution in [0.4, 0.5) is 5.82 Å². The third-order valence-electron chi connectivity index (χ3n) is 4.23. The number of hydrogen-bond acceptors (Lipinski definition) is 4. The second kappa shape index (κ2) is 3.98. The first-order valence-corrected chi connectivity index (χ1v) is 6.57. The zero-order valence-corrected chi connectivity index (χ0v) is 10.4. The molecule has 1 spiro atoms. The number of aromatic nitrogens is 3. The predicted molar refractivity (Wildman–Crippen MR) is 64.6 cm³/mol. The molecule has 17 heavy (non-hydrogen) atoms. The van der Waals surface area contributed by atoms with Crippen LogP contribution in [0.15, 0.2) is 0 Å². The van der Waals surface area contributed by atoms with Gasteiger partial charge in [-0.25, -0.2) is 4.68 Å². The molecular formula is C12H20N4O. The minimum absolute atomic E-state index is 0.147. The molecule has 1 unspecified atom stereocenters. The van der Waals surface area contributed by atoms with Gasteiger partial charge in [0.05, 0.1) is 17.3 Å². The molecule has 1 aromatic rings. The van der Waals surface area contributed by atoms with Crippen molar-refractivity contribution in [2.75, 3.05) is 12.3 Å². The molecule has 3 rings (SSSR count). The molecule has 1 atom stereocenters. The van der Waals surface area contributed by atoms with Gasteiger partial charge in [-0.2, -0.15) is 0 Å². The van der Waals surface area contributed by atoms with Crippen LogP contribution in [0.2, 0.25) is 0 Å². The van der Waals surface area contributed by atoms with E-state index in [9.17, 15) is 0 Å². The van der Waals surface area contributed by atoms with E-state index in [4.69, 9.17) is 10.5 Å². The second-order valence-electron chi connectivity index (χ2n) is 5.25. The van der Waals surface area contributed by atoms with Gasteiger partial charge < -0.3 is 10.5 Å². The quantitative estimate of drug-likeness (QED) is 0.848. The van der Waals surface area contributed by atoms with Gasteiger partial charge in [0.25, 0.3) is 0 Å². The molecule has 1 saturated carbocycles. The van der Waals surface area contributed by atoms with Crippen molar-refractivity contribution in [3.05, 3.63) is 5.69 Å². The Morgan fingerprint density at radius 2 is 2.35 bits per heavy atom. The van der Waals surface area contributed by atoms with Crippen molar-refractivity contribution < 1.29 is 4.74 Å². The van der Waals surface area contributed by atoms with Gasteiger partial charge in [0.1, 0.15) is 0 Å². The Morgan fingerprint density at radius 1 is 1.53 bits per heavy atom. The highest BCUT2D eigenvalue weighted by Crippen LogP contribution is 2.45. The van der Waals surface area contributed by atoms with E-state index in [1.54, 1.807) is 0 Å². The Bertz CT molecular complexity index is 411. The smallest absolute Gasteiger partial charge is 0.169 e. The van der Waals surface area contributed by atoms with Crippen LogP contribution in [-0.2, 0) is 11.2 Å². The normalized spacial score (nSPS) is 27.0. The first-order chi connectivity index (χ1) is 8.24. The molecule has 94 valence electrons. The average Bonchev–Trinajstić information content (AvgIpc) is 2.68. The van der Waals surface area contributed by atoms with Crippen LogP contribution < -0.4 is 5.73 Å². The van der Waals surface area contributed by atoms with Crippen molar-refractivity contribution in [1.29, 1.82) is 0 Å². The summed E-state index contributed by atoms with van der Waals surface area (Å²) in [5, 5.41) is 8.22. The number of anilines is 1. The number of hydrogen-bond donors (Lipinski definition) is 1. The third kappa shape index (κ3) is 1.73. The van der Waals surface area contributed by atoms with Crippen LogP contribution in [-0.4, -0.2) is 27.2 Å². The highest BCUT2D eigenvalue weighted by molar-refractivity contribution is 5.33. The maximum absolute atomic E-state index is 5.94. The molecular weight excluding hydrogens is 216 g/mol. The lowest BCUT2D eigenvalue weighted by molar-refractivity contribution is -0.142. The van der Waals surface area contributed by atoms with E-state index < -0.39 is 0 Å². The summed E-state index contributed by atoms with van der Waals surface area (Å²) in [7, 11) is 0. The van der Waals surface area contributed by atoms with Crippen LogP contribution in [0.5, 0.6) is 0 Å². The molecule has 0 amide bonds. The van der Waals surface area contributed by atoms with Crippen LogP contribution >= 0.6 is 0 Å². The number of nitrogen functional groups attached to an aromatic ring is 1. The summed E-state index contributed by atoms with van der Waals surface area (Å²) in [6.45, 7) is 2.94. The Hall–Kier alpha value is -1.10. The predicted octanol–water partition coefficient (Wildman–Crippen LogP) is 1.70. The molecule has 1 saturated heterocycles. The van der Waals surface area contributed by atoms with E-state index in [1.807, 2.05) is 4.68 Å². The summed E-state index contributed by atoms with van der Waals surface area (Å²) in [4.78, 5) is 0. The third-order valence-corrected chi connectivity index (χ3v) is 4.23. The minimum atomic E-state index is 0.147. The maximum Gasteiger partial charge on any atom is 0.169 e. The van der Waals surface area contributed by atoms with Crippen LogP contribution in [0.1, 0.15) is 50.8 Å². The number of nitrogens with two attached hydrogens (primary N) is 1. The fourth-order valence-electron chi connectivity index (χ4n) is 3.09. The lowest BCUT2D eigenvalue weighted by Crippen LogP contribution is -2.46. The zero-order valence-electron chi connectivity index (χ0n) is 10.4. The van der Waals surface area contributed by atoms with Gasteiger partial charge in [-0.05, 0) is 38.5 Å². The minimum Gasteiger partial charge on any atom is -0.381 e. The lowest BCUT2D eigenvalue weighted by Gasteiger charge is -2.47. The highest BCUT2D eigenvalue weighted by atomic mass is 16.5. The molecule has 0 aromatic carbocycles. The van der Waals surface area contributed by atoms with E-state index in [0.717, 1.165) is 31.6 Å². The molecule has 1 aliphatic carbocycles. The summed E-state index contributed by atoms with van der Waals surface area (Å²) in [6.07, 6.45) is 6.70. The van der Waals surface area contributed by atoms with Gasteiger partial charge >= 0.3 is 0 Å². The molecule has 2 aliphatic rings. The van der Waals surface area contributed by atoms with Gasteiger partial charge in [-0.1, -0.05) is 12.1 Å². The summed E-state index contributed by atoms with van der Waals surface area (Å²) in [5.74, 6) is 0.585. The van der Waals surface area contributed by atoms with E-state index in [0.29, 0.717) is 11.9 Å². The van der Waals surface area contributed by atoms with Crippen molar-refractivity contribution in [2.24, 2.45) is 0 Å². The largest absolute Gasteiger partial charge is 0.381 e. The van der Waals surface area contributed by atoms with Crippen molar-refractivity contribution in [3.63, 3.8) is 0 Å². The Morgan fingerprint density at radius 3 is 3.00 bits per heavy atom. The fraction of sp³-hybridized carbons (Fsp3) is 0.833. The van der Waals surface area contributed by atoms with Gasteiger partial charge in [-0.3, -0.25) is 0 Å². The lowest BCUT2D eigenvalue weighted by atomic mass is 9.74. The molecule has 2 N–H and O–H groups in total. The standard InChI is InChI=1S/C12H20N4O/c1-2-10-11(13)14-15-16(10)9-4-7-17-12(8-9)5-3-6-12/h9H,2-8,13H2,1H3. The first kappa shape index (κ1) is 11.0.